The zero-order chi connectivity index (χ0) is 13.8. The molecule has 1 atom stereocenters. The SMILES string of the molecule is CCOC(=O)C(C)(N)CN(C)C1CCN(C)CC1. The molecule has 1 fully saturated rings. The molecule has 106 valence electrons. The number of likely N-dealkylation sites (tertiary alicyclic amines) is 1. The van der Waals surface area contributed by atoms with Crippen molar-refractivity contribution in [2.75, 3.05) is 40.3 Å². The predicted molar refractivity (Wildman–Crippen MR) is 72.4 cm³/mol. The molecule has 1 saturated heterocycles. The zero-order valence-corrected chi connectivity index (χ0v) is 12.1. The molecule has 18 heavy (non-hydrogen) atoms. The van der Waals surface area contributed by atoms with Crippen molar-refractivity contribution in [1.29, 1.82) is 0 Å². The molecule has 0 bridgehead atoms. The van der Waals surface area contributed by atoms with E-state index in [2.05, 4.69) is 16.8 Å². The van der Waals surface area contributed by atoms with Crippen molar-refractivity contribution in [1.82, 2.24) is 9.80 Å². The van der Waals surface area contributed by atoms with E-state index in [-0.39, 0.29) is 5.97 Å². The second-order valence-electron chi connectivity index (χ2n) is 5.59. The van der Waals surface area contributed by atoms with Gasteiger partial charge in [-0.3, -0.25) is 4.79 Å². The van der Waals surface area contributed by atoms with E-state index in [4.69, 9.17) is 10.5 Å². The molecule has 0 aromatic rings. The second-order valence-corrected chi connectivity index (χ2v) is 5.59. The highest BCUT2D eigenvalue weighted by Gasteiger charge is 2.33. The summed E-state index contributed by atoms with van der Waals surface area (Å²) in [6, 6.07) is 0.513. The van der Waals surface area contributed by atoms with E-state index in [1.54, 1.807) is 13.8 Å². The van der Waals surface area contributed by atoms with Crippen LogP contribution in [0, 0.1) is 0 Å². The summed E-state index contributed by atoms with van der Waals surface area (Å²) < 4.78 is 5.01. The third-order valence-electron chi connectivity index (χ3n) is 3.63. The average molecular weight is 257 g/mol. The van der Waals surface area contributed by atoms with E-state index < -0.39 is 5.54 Å². The lowest BCUT2D eigenvalue weighted by atomic mass is 9.99. The maximum atomic E-state index is 11.8. The van der Waals surface area contributed by atoms with Gasteiger partial charge in [-0.2, -0.15) is 0 Å². The lowest BCUT2D eigenvalue weighted by Gasteiger charge is -2.38. The lowest BCUT2D eigenvalue weighted by molar-refractivity contribution is -0.149. The summed E-state index contributed by atoms with van der Waals surface area (Å²) >= 11 is 0. The fourth-order valence-corrected chi connectivity index (χ4v) is 2.44. The van der Waals surface area contributed by atoms with Gasteiger partial charge in [0.15, 0.2) is 0 Å². The van der Waals surface area contributed by atoms with Crippen molar-refractivity contribution < 1.29 is 9.53 Å². The highest BCUT2D eigenvalue weighted by atomic mass is 16.5. The average Bonchev–Trinajstić information content (AvgIpc) is 2.29. The van der Waals surface area contributed by atoms with Crippen LogP contribution in [0.3, 0.4) is 0 Å². The van der Waals surface area contributed by atoms with Gasteiger partial charge in [0.1, 0.15) is 5.54 Å². The Kier molecular flexibility index (Phi) is 5.56. The minimum absolute atomic E-state index is 0.315. The van der Waals surface area contributed by atoms with Gasteiger partial charge >= 0.3 is 5.97 Å². The van der Waals surface area contributed by atoms with Gasteiger partial charge in [-0.25, -0.2) is 0 Å². The Balaban J connectivity index is 2.47. The Morgan fingerprint density at radius 1 is 1.50 bits per heavy atom. The Morgan fingerprint density at radius 2 is 2.06 bits per heavy atom. The summed E-state index contributed by atoms with van der Waals surface area (Å²) in [6.07, 6.45) is 2.26. The first-order valence-corrected chi connectivity index (χ1v) is 6.71. The number of ether oxygens (including phenoxy) is 1. The van der Waals surface area contributed by atoms with Crippen LogP contribution < -0.4 is 5.73 Å². The molecule has 2 N–H and O–H groups in total. The molecule has 0 saturated carbocycles. The topological polar surface area (TPSA) is 58.8 Å². The highest BCUT2D eigenvalue weighted by molar-refractivity contribution is 5.80. The van der Waals surface area contributed by atoms with Gasteiger partial charge in [0.25, 0.3) is 0 Å². The molecular weight excluding hydrogens is 230 g/mol. The van der Waals surface area contributed by atoms with Crippen LogP contribution >= 0.6 is 0 Å². The van der Waals surface area contributed by atoms with Crippen molar-refractivity contribution >= 4 is 5.97 Å². The van der Waals surface area contributed by atoms with E-state index >= 15 is 0 Å². The van der Waals surface area contributed by atoms with Crippen molar-refractivity contribution in [3.63, 3.8) is 0 Å². The quantitative estimate of drug-likeness (QED) is 0.718. The van der Waals surface area contributed by atoms with Gasteiger partial charge in [-0.05, 0) is 53.9 Å². The summed E-state index contributed by atoms with van der Waals surface area (Å²) in [5.74, 6) is -0.315. The number of likely N-dealkylation sites (N-methyl/N-ethyl adjacent to an activating group) is 1. The van der Waals surface area contributed by atoms with Crippen LogP contribution in [0.15, 0.2) is 0 Å². The largest absolute Gasteiger partial charge is 0.465 e. The monoisotopic (exact) mass is 257 g/mol. The van der Waals surface area contributed by atoms with Crippen molar-refractivity contribution in [2.24, 2.45) is 5.73 Å². The first-order chi connectivity index (χ1) is 8.36. The summed E-state index contributed by atoms with van der Waals surface area (Å²) in [7, 11) is 4.18. The summed E-state index contributed by atoms with van der Waals surface area (Å²) in [4.78, 5) is 16.3. The van der Waals surface area contributed by atoms with Crippen LogP contribution in [0.4, 0.5) is 0 Å². The van der Waals surface area contributed by atoms with Crippen molar-refractivity contribution in [3.05, 3.63) is 0 Å². The number of hydrogen-bond acceptors (Lipinski definition) is 5. The normalized spacial score (nSPS) is 21.9. The standard InChI is InChI=1S/C13H27N3O2/c1-5-18-12(17)13(2,14)10-16(4)11-6-8-15(3)9-7-11/h11H,5-10,14H2,1-4H3. The number of piperidine rings is 1. The number of carbonyl (C=O) groups is 1. The number of carbonyl (C=O) groups excluding carboxylic acids is 1. The fourth-order valence-electron chi connectivity index (χ4n) is 2.44. The molecule has 0 spiro atoms. The predicted octanol–water partition coefficient (Wildman–Crippen LogP) is 0.293. The van der Waals surface area contributed by atoms with E-state index in [0.717, 1.165) is 25.9 Å². The third kappa shape index (κ3) is 4.23. The number of nitrogens with zero attached hydrogens (tertiary/aromatic N) is 2. The number of rotatable bonds is 5. The molecule has 0 aromatic heterocycles. The van der Waals surface area contributed by atoms with Crippen LogP contribution in [0.25, 0.3) is 0 Å². The molecule has 1 aliphatic heterocycles. The molecule has 0 radical (unpaired) electrons. The minimum Gasteiger partial charge on any atom is -0.465 e. The lowest BCUT2D eigenvalue weighted by Crippen LogP contribution is -2.56. The molecule has 1 heterocycles. The van der Waals surface area contributed by atoms with E-state index in [0.29, 0.717) is 19.2 Å². The number of nitrogens with two attached hydrogens (primary N) is 1. The van der Waals surface area contributed by atoms with Crippen molar-refractivity contribution in [3.8, 4) is 0 Å². The van der Waals surface area contributed by atoms with Gasteiger partial charge in [0.05, 0.1) is 6.61 Å². The summed E-state index contributed by atoms with van der Waals surface area (Å²) in [6.45, 7) is 6.68. The van der Waals surface area contributed by atoms with E-state index in [1.807, 2.05) is 7.05 Å². The van der Waals surface area contributed by atoms with E-state index in [9.17, 15) is 4.79 Å². The summed E-state index contributed by atoms with van der Waals surface area (Å²) in [5, 5.41) is 0. The molecule has 1 aliphatic rings. The Morgan fingerprint density at radius 3 is 2.56 bits per heavy atom. The number of esters is 1. The van der Waals surface area contributed by atoms with Gasteiger partial charge < -0.3 is 20.3 Å². The molecule has 0 aromatic carbocycles. The van der Waals surface area contributed by atoms with Crippen LogP contribution in [-0.4, -0.2) is 67.7 Å². The highest BCUT2D eigenvalue weighted by Crippen LogP contribution is 2.16. The van der Waals surface area contributed by atoms with Crippen LogP contribution in [-0.2, 0) is 9.53 Å². The molecule has 0 aliphatic carbocycles. The minimum atomic E-state index is -0.923. The molecule has 5 nitrogen and oxygen atoms in total. The van der Waals surface area contributed by atoms with Crippen LogP contribution in [0.2, 0.25) is 0 Å². The summed E-state index contributed by atoms with van der Waals surface area (Å²) in [5.41, 5.74) is 5.13. The third-order valence-corrected chi connectivity index (χ3v) is 3.63. The van der Waals surface area contributed by atoms with Gasteiger partial charge in [-0.15, -0.1) is 0 Å². The van der Waals surface area contributed by atoms with Crippen LogP contribution in [0.5, 0.6) is 0 Å². The Labute approximate surface area is 110 Å². The van der Waals surface area contributed by atoms with Gasteiger partial charge in [0, 0.05) is 12.6 Å². The van der Waals surface area contributed by atoms with Gasteiger partial charge in [0.2, 0.25) is 0 Å². The van der Waals surface area contributed by atoms with E-state index in [1.165, 1.54) is 0 Å². The first-order valence-electron chi connectivity index (χ1n) is 6.71. The smallest absolute Gasteiger partial charge is 0.327 e. The molecule has 1 unspecified atom stereocenters. The van der Waals surface area contributed by atoms with Gasteiger partial charge in [-0.1, -0.05) is 0 Å². The Hall–Kier alpha value is -0.650. The van der Waals surface area contributed by atoms with Crippen molar-refractivity contribution in [2.45, 2.75) is 38.3 Å². The maximum absolute atomic E-state index is 11.8. The molecule has 5 heteroatoms. The second kappa shape index (κ2) is 6.50. The Bertz CT molecular complexity index is 273. The first kappa shape index (κ1) is 15.4. The fraction of sp³-hybridized carbons (Fsp3) is 0.923. The molecular formula is C13H27N3O2. The zero-order valence-electron chi connectivity index (χ0n) is 12.1. The molecule has 0 amide bonds. The molecule has 1 rings (SSSR count). The maximum Gasteiger partial charge on any atom is 0.327 e. The number of hydrogen-bond donors (Lipinski definition) is 1. The van der Waals surface area contributed by atoms with Crippen LogP contribution in [0.1, 0.15) is 26.7 Å².